The molecule has 0 atom stereocenters. The van der Waals surface area contributed by atoms with Gasteiger partial charge in [-0.25, -0.2) is 18.2 Å². The number of nitrogens with one attached hydrogen (secondary N) is 1. The van der Waals surface area contributed by atoms with E-state index in [1.807, 2.05) is 37.4 Å². The van der Waals surface area contributed by atoms with E-state index in [9.17, 15) is 18.3 Å². The van der Waals surface area contributed by atoms with E-state index in [1.165, 1.54) is 4.31 Å². The maximum absolute atomic E-state index is 13.2. The molecule has 0 radical (unpaired) electrons. The zero-order valence-corrected chi connectivity index (χ0v) is 25.8. The topological polar surface area (TPSA) is 128 Å². The number of likely N-dealkylation sites (tertiary alicyclic amines) is 1. The van der Waals surface area contributed by atoms with Gasteiger partial charge in [0.1, 0.15) is 5.75 Å². The largest absolute Gasteiger partial charge is 0.439 e. The molecule has 2 saturated heterocycles. The number of amides is 2. The van der Waals surface area contributed by atoms with Crippen molar-refractivity contribution in [3.63, 3.8) is 0 Å². The molecule has 12 heteroatoms. The van der Waals surface area contributed by atoms with Gasteiger partial charge in [-0.05, 0) is 87.4 Å². The molecule has 3 aliphatic rings. The molecular weight excluding hydrogens is 580 g/mol. The minimum absolute atomic E-state index is 0.0320. The minimum Gasteiger partial charge on any atom is -0.439 e. The average molecular weight is 621 g/mol. The summed E-state index contributed by atoms with van der Waals surface area (Å²) in [5.74, 6) is 0.936. The van der Waals surface area contributed by atoms with Crippen LogP contribution in [0.3, 0.4) is 0 Å². The molecule has 234 valence electrons. The first-order valence-electron chi connectivity index (χ1n) is 15.4. The lowest BCUT2D eigenvalue weighted by Crippen LogP contribution is -2.49. The summed E-state index contributed by atoms with van der Waals surface area (Å²) in [7, 11) is -3.60. The SMILES string of the molecule is Cc1ccc(NC(=O)N(C2CC2)C2CCN(Cc3ccc(Oc4ccc(S(=O)(=O)N5CCC(O)CC5)cc4)nc3)CC2)cn1. The van der Waals surface area contributed by atoms with Gasteiger partial charge in [0, 0.05) is 62.8 Å². The predicted octanol–water partition coefficient (Wildman–Crippen LogP) is 4.38. The third-order valence-corrected chi connectivity index (χ3v) is 10.5. The van der Waals surface area contributed by atoms with Crippen molar-refractivity contribution in [2.24, 2.45) is 0 Å². The summed E-state index contributed by atoms with van der Waals surface area (Å²) in [6, 6.07) is 14.5. The molecule has 1 aromatic carbocycles. The van der Waals surface area contributed by atoms with E-state index in [2.05, 4.69) is 25.1 Å². The maximum atomic E-state index is 13.2. The van der Waals surface area contributed by atoms with Crippen molar-refractivity contribution in [1.29, 1.82) is 0 Å². The predicted molar refractivity (Wildman–Crippen MR) is 166 cm³/mol. The molecule has 1 saturated carbocycles. The summed E-state index contributed by atoms with van der Waals surface area (Å²) in [4.78, 5) is 26.6. The molecule has 3 aromatic rings. The van der Waals surface area contributed by atoms with Gasteiger partial charge in [-0.3, -0.25) is 9.88 Å². The van der Waals surface area contributed by atoms with E-state index < -0.39 is 16.1 Å². The molecule has 2 aromatic heterocycles. The molecule has 6 rings (SSSR count). The molecule has 11 nitrogen and oxygen atoms in total. The smallest absolute Gasteiger partial charge is 0.322 e. The number of piperidine rings is 2. The number of aliphatic hydroxyl groups excluding tert-OH is 1. The van der Waals surface area contributed by atoms with Crippen LogP contribution >= 0.6 is 0 Å². The molecule has 2 amide bonds. The lowest BCUT2D eigenvalue weighted by molar-refractivity contribution is 0.113. The Hall–Kier alpha value is -3.58. The van der Waals surface area contributed by atoms with Crippen LogP contribution in [0.5, 0.6) is 11.6 Å². The van der Waals surface area contributed by atoms with Crippen molar-refractivity contribution in [2.75, 3.05) is 31.5 Å². The summed E-state index contributed by atoms with van der Waals surface area (Å²) in [6.45, 7) is 5.14. The number of carbonyl (C=O) groups is 1. The zero-order valence-electron chi connectivity index (χ0n) is 25.0. The molecular formula is C32H40N6O5S. The van der Waals surface area contributed by atoms with Crippen LogP contribution in [0.1, 0.15) is 49.8 Å². The van der Waals surface area contributed by atoms with Crippen LogP contribution in [0.15, 0.2) is 65.8 Å². The third-order valence-electron chi connectivity index (χ3n) is 8.60. The van der Waals surface area contributed by atoms with Gasteiger partial charge in [0.25, 0.3) is 0 Å². The van der Waals surface area contributed by atoms with Gasteiger partial charge in [0.15, 0.2) is 0 Å². The number of nitrogens with zero attached hydrogens (tertiary/aromatic N) is 5. The molecule has 2 aliphatic heterocycles. The van der Waals surface area contributed by atoms with Crippen LogP contribution in [-0.4, -0.2) is 88.0 Å². The second-order valence-corrected chi connectivity index (χ2v) is 13.9. The second-order valence-electron chi connectivity index (χ2n) is 12.0. The maximum Gasteiger partial charge on any atom is 0.322 e. The van der Waals surface area contributed by atoms with Crippen molar-refractivity contribution in [2.45, 2.75) is 75.1 Å². The highest BCUT2D eigenvalue weighted by molar-refractivity contribution is 7.89. The van der Waals surface area contributed by atoms with Crippen molar-refractivity contribution >= 4 is 21.7 Å². The fraction of sp³-hybridized carbons (Fsp3) is 0.469. The van der Waals surface area contributed by atoms with Gasteiger partial charge in [0.2, 0.25) is 15.9 Å². The van der Waals surface area contributed by atoms with Gasteiger partial charge in [-0.2, -0.15) is 4.31 Å². The summed E-state index contributed by atoms with van der Waals surface area (Å²) in [5, 5.41) is 12.7. The summed E-state index contributed by atoms with van der Waals surface area (Å²) in [6.07, 6.45) is 7.96. The number of hydrogen-bond acceptors (Lipinski definition) is 8. The number of urea groups is 1. The lowest BCUT2D eigenvalue weighted by atomic mass is 10.0. The Morgan fingerprint density at radius 1 is 0.909 bits per heavy atom. The molecule has 4 heterocycles. The van der Waals surface area contributed by atoms with Gasteiger partial charge in [-0.15, -0.1) is 0 Å². The number of benzene rings is 1. The van der Waals surface area contributed by atoms with E-state index in [4.69, 9.17) is 4.74 Å². The fourth-order valence-electron chi connectivity index (χ4n) is 5.92. The number of rotatable bonds is 9. The van der Waals surface area contributed by atoms with Crippen LogP contribution in [0, 0.1) is 6.92 Å². The first kappa shape index (κ1) is 30.4. The standard InChI is InChI=1S/C32H40N6O5S/c1-23-2-4-25(21-33-23)35-32(40)38(26-5-6-26)27-12-16-36(17-13-27)22-24-3-11-31(34-20-24)43-29-7-9-30(10-8-29)44(41,42)37-18-14-28(39)15-19-37/h2-4,7-11,20-21,26-28,39H,5-6,12-19,22H2,1H3,(H,35,40). The number of carbonyl (C=O) groups excluding carboxylic acids is 1. The van der Waals surface area contributed by atoms with Gasteiger partial charge in [-0.1, -0.05) is 6.07 Å². The Bertz CT molecular complexity index is 1510. The summed E-state index contributed by atoms with van der Waals surface area (Å²) < 4.78 is 33.1. The summed E-state index contributed by atoms with van der Waals surface area (Å²) >= 11 is 0. The van der Waals surface area contributed by atoms with Gasteiger partial charge in [0.05, 0.1) is 22.9 Å². The highest BCUT2D eigenvalue weighted by Crippen LogP contribution is 2.33. The molecule has 2 N–H and O–H groups in total. The molecule has 0 spiro atoms. The zero-order chi connectivity index (χ0) is 30.7. The van der Waals surface area contributed by atoms with E-state index in [0.717, 1.165) is 62.3 Å². The third kappa shape index (κ3) is 7.37. The fourth-order valence-corrected chi connectivity index (χ4v) is 7.39. The number of hydrogen-bond donors (Lipinski definition) is 2. The van der Waals surface area contributed by atoms with E-state index in [0.29, 0.717) is 43.6 Å². The molecule has 44 heavy (non-hydrogen) atoms. The van der Waals surface area contributed by atoms with Gasteiger partial charge < -0.3 is 20.1 Å². The number of aromatic nitrogens is 2. The Morgan fingerprint density at radius 3 is 2.23 bits per heavy atom. The Balaban J connectivity index is 0.984. The minimum atomic E-state index is -3.60. The van der Waals surface area contributed by atoms with Crippen LogP contribution in [0.4, 0.5) is 10.5 Å². The van der Waals surface area contributed by atoms with Crippen LogP contribution in [0.25, 0.3) is 0 Å². The van der Waals surface area contributed by atoms with Crippen molar-refractivity contribution in [1.82, 2.24) is 24.1 Å². The van der Waals surface area contributed by atoms with E-state index >= 15 is 0 Å². The highest BCUT2D eigenvalue weighted by atomic mass is 32.2. The molecule has 3 fully saturated rings. The summed E-state index contributed by atoms with van der Waals surface area (Å²) in [5.41, 5.74) is 2.72. The normalized spacial score (nSPS) is 19.0. The number of aliphatic hydroxyl groups is 1. The van der Waals surface area contributed by atoms with Crippen LogP contribution < -0.4 is 10.1 Å². The van der Waals surface area contributed by atoms with E-state index in [1.54, 1.807) is 30.5 Å². The van der Waals surface area contributed by atoms with Crippen LogP contribution in [0.2, 0.25) is 0 Å². The number of anilines is 1. The number of pyridine rings is 2. The lowest BCUT2D eigenvalue weighted by Gasteiger charge is -2.38. The molecule has 0 bridgehead atoms. The number of sulfonamides is 1. The average Bonchev–Trinajstić information content (AvgIpc) is 3.86. The van der Waals surface area contributed by atoms with E-state index in [-0.39, 0.29) is 17.0 Å². The quantitative estimate of drug-likeness (QED) is 0.361. The monoisotopic (exact) mass is 620 g/mol. The first-order chi connectivity index (χ1) is 21.2. The molecule has 0 unspecified atom stereocenters. The Morgan fingerprint density at radius 2 is 1.61 bits per heavy atom. The van der Waals surface area contributed by atoms with Crippen molar-refractivity contribution in [3.05, 3.63) is 72.2 Å². The van der Waals surface area contributed by atoms with Crippen LogP contribution in [-0.2, 0) is 16.6 Å². The number of aryl methyl sites for hydroxylation is 1. The van der Waals surface area contributed by atoms with Crippen molar-refractivity contribution < 1.29 is 23.1 Å². The second kappa shape index (κ2) is 13.2. The van der Waals surface area contributed by atoms with Gasteiger partial charge >= 0.3 is 6.03 Å². The molecule has 1 aliphatic carbocycles. The Labute approximate surface area is 258 Å². The highest BCUT2D eigenvalue weighted by Gasteiger charge is 2.38. The van der Waals surface area contributed by atoms with Crippen molar-refractivity contribution in [3.8, 4) is 11.6 Å². The first-order valence-corrected chi connectivity index (χ1v) is 16.8. The number of ether oxygens (including phenoxy) is 1. The Kier molecular flexibility index (Phi) is 9.13.